The number of carbonyl (C=O) groups excluding carboxylic acids is 1. The third kappa shape index (κ3) is 5.17. The minimum atomic E-state index is -0.721. The Morgan fingerprint density at radius 3 is 1.86 bits per heavy atom. The number of phenols is 2. The second-order valence-corrected chi connectivity index (χ2v) is 12.5. The first-order chi connectivity index (χ1) is 23.6. The van der Waals surface area contributed by atoms with E-state index in [0.717, 1.165) is 11.1 Å². The summed E-state index contributed by atoms with van der Waals surface area (Å²) in [6.07, 6.45) is 0.0425. The number of hydrogen-bond acceptors (Lipinski definition) is 12. The Bertz CT molecular complexity index is 1820. The predicted octanol–water partition coefficient (Wildman–Crippen LogP) is 4.32. The van der Waals surface area contributed by atoms with Gasteiger partial charge in [0.2, 0.25) is 0 Å². The standard InChI is InChI=1S/C36H42N4O9/c1-17-32(45-5)21-14-24-29-28-22(33(46-6)18(2)35(48-8)31(28)42)13-23(39(29)3)25(15-37)40(24)26(27(21)30(41)34(17)47-7)16-38-36(43)49-20-11-9-19(44-4)10-12-20/h9-12,23-26,29,41-42H,13-14,16H2,1-8H3,(H,38,43)/t23-,24-,25-,26-,29-/m0/s1. The Morgan fingerprint density at radius 2 is 1.33 bits per heavy atom. The van der Waals surface area contributed by atoms with E-state index in [1.165, 1.54) is 14.2 Å². The predicted molar refractivity (Wildman–Crippen MR) is 178 cm³/mol. The minimum absolute atomic E-state index is 0.0192. The molecule has 3 aromatic carbocycles. The van der Waals surface area contributed by atoms with Gasteiger partial charge in [-0.15, -0.1) is 0 Å². The normalized spacial score (nSPS) is 22.5. The van der Waals surface area contributed by atoms with Crippen molar-refractivity contribution in [2.45, 2.75) is 56.9 Å². The van der Waals surface area contributed by atoms with Crippen molar-refractivity contribution < 1.29 is 43.4 Å². The summed E-state index contributed by atoms with van der Waals surface area (Å²) in [6, 6.07) is 6.57. The zero-order valence-electron chi connectivity index (χ0n) is 28.9. The molecule has 3 heterocycles. The van der Waals surface area contributed by atoms with Crippen LogP contribution in [0.2, 0.25) is 0 Å². The molecular formula is C36H42N4O9. The fourth-order valence-corrected chi connectivity index (χ4v) is 8.38. The number of nitrogens with zero attached hydrogens (tertiary/aromatic N) is 3. The van der Waals surface area contributed by atoms with Gasteiger partial charge in [0.1, 0.15) is 29.0 Å². The zero-order chi connectivity index (χ0) is 35.3. The van der Waals surface area contributed by atoms with E-state index in [1.54, 1.807) is 45.6 Å². The summed E-state index contributed by atoms with van der Waals surface area (Å²) in [7, 11) is 9.64. The maximum absolute atomic E-state index is 13.2. The van der Waals surface area contributed by atoms with Crippen molar-refractivity contribution in [3.05, 3.63) is 57.6 Å². The van der Waals surface area contributed by atoms with Gasteiger partial charge in [-0.3, -0.25) is 9.80 Å². The third-order valence-corrected chi connectivity index (χ3v) is 10.4. The van der Waals surface area contributed by atoms with Crippen molar-refractivity contribution in [3.8, 4) is 52.1 Å². The molecule has 1 amide bonds. The van der Waals surface area contributed by atoms with Crippen molar-refractivity contribution in [2.75, 3.05) is 49.1 Å². The monoisotopic (exact) mass is 674 g/mol. The molecule has 1 fully saturated rings. The summed E-state index contributed by atoms with van der Waals surface area (Å²) in [4.78, 5) is 17.4. The zero-order valence-corrected chi connectivity index (χ0v) is 28.9. The van der Waals surface area contributed by atoms with Crippen molar-refractivity contribution in [3.63, 3.8) is 0 Å². The van der Waals surface area contributed by atoms with E-state index in [0.29, 0.717) is 63.8 Å². The number of fused-ring (bicyclic) bond motifs is 7. The van der Waals surface area contributed by atoms with Gasteiger partial charge in [0, 0.05) is 52.0 Å². The van der Waals surface area contributed by atoms with Gasteiger partial charge in [-0.1, -0.05) is 0 Å². The van der Waals surface area contributed by atoms with E-state index < -0.39 is 30.3 Å². The highest BCUT2D eigenvalue weighted by Crippen LogP contribution is 2.58. The summed E-state index contributed by atoms with van der Waals surface area (Å²) in [5, 5.41) is 37.3. The van der Waals surface area contributed by atoms with Gasteiger partial charge in [-0.25, -0.2) is 4.79 Å². The van der Waals surface area contributed by atoms with Crippen LogP contribution < -0.4 is 33.7 Å². The Balaban J connectivity index is 1.51. The van der Waals surface area contributed by atoms with Gasteiger partial charge >= 0.3 is 6.09 Å². The van der Waals surface area contributed by atoms with Gasteiger partial charge in [0.15, 0.2) is 23.0 Å². The van der Waals surface area contributed by atoms with Crippen LogP contribution in [0.3, 0.4) is 0 Å². The van der Waals surface area contributed by atoms with Crippen LogP contribution in [0, 0.1) is 25.2 Å². The number of aromatic hydroxyl groups is 2. The second kappa shape index (κ2) is 13.1. The number of likely N-dealkylation sites (N-methyl/N-ethyl adjacent to an activating group) is 1. The highest BCUT2D eigenvalue weighted by molar-refractivity contribution is 5.71. The van der Waals surface area contributed by atoms with Crippen LogP contribution in [0.4, 0.5) is 4.79 Å². The first-order valence-corrected chi connectivity index (χ1v) is 16.0. The molecule has 0 unspecified atom stereocenters. The minimum Gasteiger partial charge on any atom is -0.504 e. The average Bonchev–Trinajstić information content (AvgIpc) is 3.08. The first-order valence-electron chi connectivity index (χ1n) is 16.0. The molecule has 0 aromatic heterocycles. The number of phenolic OH excluding ortho intramolecular Hbond substituents is 2. The van der Waals surface area contributed by atoms with E-state index >= 15 is 0 Å². The first kappa shape index (κ1) is 33.8. The largest absolute Gasteiger partial charge is 0.504 e. The number of ether oxygens (including phenoxy) is 6. The molecule has 0 spiro atoms. The van der Waals surface area contributed by atoms with E-state index in [4.69, 9.17) is 28.4 Å². The summed E-state index contributed by atoms with van der Waals surface area (Å²) < 4.78 is 34.0. The number of benzene rings is 3. The van der Waals surface area contributed by atoms with Gasteiger partial charge in [-0.05, 0) is 58.0 Å². The number of carbonyl (C=O) groups is 1. The molecule has 5 atom stereocenters. The SMILES string of the molecule is COc1ccc(OC(=O)NC[C@H]2c3c(O)c(OC)c(C)c(OC)c3C[C@H]3[C@H]4c5c(O)c(OC)c(C)c(OC)c5C[C@@H]([C@H](C#N)N23)N4C)cc1. The summed E-state index contributed by atoms with van der Waals surface area (Å²) >= 11 is 0. The average molecular weight is 675 g/mol. The van der Waals surface area contributed by atoms with Crippen molar-refractivity contribution in [2.24, 2.45) is 0 Å². The van der Waals surface area contributed by atoms with Gasteiger partial charge in [0.05, 0.1) is 53.7 Å². The number of nitriles is 1. The quantitative estimate of drug-likeness (QED) is 0.312. The van der Waals surface area contributed by atoms with Crippen LogP contribution in [0.5, 0.6) is 46.0 Å². The summed E-state index contributed by atoms with van der Waals surface area (Å²) in [6.45, 7) is 3.63. The molecule has 0 radical (unpaired) electrons. The number of amides is 1. The van der Waals surface area contributed by atoms with Crippen molar-refractivity contribution in [1.29, 1.82) is 5.26 Å². The molecule has 260 valence electrons. The molecule has 3 aliphatic rings. The van der Waals surface area contributed by atoms with E-state index in [9.17, 15) is 20.3 Å². The maximum atomic E-state index is 13.2. The fraction of sp³-hybridized carbons (Fsp3) is 0.444. The Morgan fingerprint density at radius 1 is 0.816 bits per heavy atom. The van der Waals surface area contributed by atoms with Crippen LogP contribution in [0.25, 0.3) is 0 Å². The molecular weight excluding hydrogens is 632 g/mol. The second-order valence-electron chi connectivity index (χ2n) is 12.5. The third-order valence-electron chi connectivity index (χ3n) is 10.4. The van der Waals surface area contributed by atoms with Crippen LogP contribution in [-0.2, 0) is 12.8 Å². The highest BCUT2D eigenvalue weighted by atomic mass is 16.6. The van der Waals surface area contributed by atoms with E-state index in [-0.39, 0.29) is 29.8 Å². The van der Waals surface area contributed by atoms with Crippen molar-refractivity contribution >= 4 is 6.09 Å². The lowest BCUT2D eigenvalue weighted by Crippen LogP contribution is -2.68. The lowest BCUT2D eigenvalue weighted by molar-refractivity contribution is -0.0725. The number of piperazine rings is 1. The highest BCUT2D eigenvalue weighted by Gasteiger charge is 2.57. The molecule has 3 aromatic rings. The Kier molecular flexibility index (Phi) is 9.04. The lowest BCUT2D eigenvalue weighted by Gasteiger charge is -2.60. The van der Waals surface area contributed by atoms with Gasteiger partial charge < -0.3 is 44.0 Å². The number of nitrogens with one attached hydrogen (secondary N) is 1. The summed E-state index contributed by atoms with van der Waals surface area (Å²) in [5.74, 6) is 2.58. The fourth-order valence-electron chi connectivity index (χ4n) is 8.38. The molecule has 13 nitrogen and oxygen atoms in total. The van der Waals surface area contributed by atoms with Crippen LogP contribution >= 0.6 is 0 Å². The van der Waals surface area contributed by atoms with E-state index in [1.807, 2.05) is 20.9 Å². The van der Waals surface area contributed by atoms with Gasteiger partial charge in [0.25, 0.3) is 0 Å². The maximum Gasteiger partial charge on any atom is 0.412 e. The molecule has 6 rings (SSSR count). The Hall–Kier alpha value is -5.06. The molecule has 0 saturated carbocycles. The van der Waals surface area contributed by atoms with Crippen LogP contribution in [0.15, 0.2) is 24.3 Å². The number of rotatable bonds is 8. The molecule has 49 heavy (non-hydrogen) atoms. The molecule has 13 heteroatoms. The Labute approximate surface area is 285 Å². The molecule has 1 saturated heterocycles. The smallest absolute Gasteiger partial charge is 0.412 e. The molecule has 3 N–H and O–H groups in total. The van der Waals surface area contributed by atoms with Crippen molar-refractivity contribution in [1.82, 2.24) is 15.1 Å². The van der Waals surface area contributed by atoms with E-state index in [2.05, 4.69) is 21.2 Å². The topological polar surface area (TPSA) is 155 Å². The summed E-state index contributed by atoms with van der Waals surface area (Å²) in [5.41, 5.74) is 3.99. The van der Waals surface area contributed by atoms with Crippen LogP contribution in [0.1, 0.15) is 45.5 Å². The molecule has 3 aliphatic heterocycles. The molecule has 0 aliphatic carbocycles. The molecule has 2 bridgehead atoms. The van der Waals surface area contributed by atoms with Crippen LogP contribution in [-0.4, -0.2) is 93.4 Å². The lowest BCUT2D eigenvalue weighted by atomic mass is 9.71. The van der Waals surface area contributed by atoms with Gasteiger partial charge in [-0.2, -0.15) is 5.26 Å². The number of hydrogen-bond donors (Lipinski definition) is 3. The number of methoxy groups -OCH3 is 5.